The summed E-state index contributed by atoms with van der Waals surface area (Å²) in [7, 11) is 1.67. The van der Waals surface area contributed by atoms with Gasteiger partial charge in [-0.3, -0.25) is 14.9 Å². The van der Waals surface area contributed by atoms with Crippen LogP contribution in [0.1, 0.15) is 19.3 Å². The van der Waals surface area contributed by atoms with Crippen molar-refractivity contribution in [3.8, 4) is 5.75 Å². The van der Waals surface area contributed by atoms with Gasteiger partial charge in [-0.25, -0.2) is 0 Å². The van der Waals surface area contributed by atoms with Crippen molar-refractivity contribution in [1.29, 1.82) is 0 Å². The molecule has 0 saturated heterocycles. The third-order valence-electron chi connectivity index (χ3n) is 4.00. The number of anilines is 2. The quantitative estimate of drug-likeness (QED) is 0.650. The number of rotatable bonds is 4. The Kier molecular flexibility index (Phi) is 3.84. The van der Waals surface area contributed by atoms with E-state index in [9.17, 15) is 14.9 Å². The summed E-state index contributed by atoms with van der Waals surface area (Å²) in [5.74, 6) is 0.0469. The fourth-order valence-electron chi connectivity index (χ4n) is 2.89. The highest BCUT2D eigenvalue weighted by Crippen LogP contribution is 2.39. The van der Waals surface area contributed by atoms with Gasteiger partial charge in [0.05, 0.1) is 22.8 Å². The van der Waals surface area contributed by atoms with Crippen molar-refractivity contribution in [3.05, 3.63) is 22.2 Å². The maximum Gasteiger partial charge on any atom is 0.296 e. The number of hydrogen-bond donors (Lipinski definition) is 2. The molecule has 2 N–H and O–H groups in total. The van der Waals surface area contributed by atoms with Crippen molar-refractivity contribution in [3.63, 3.8) is 0 Å². The predicted octanol–water partition coefficient (Wildman–Crippen LogP) is 1.91. The minimum atomic E-state index is -0.453. The van der Waals surface area contributed by atoms with E-state index in [1.54, 1.807) is 13.2 Å². The molecule has 0 spiro atoms. The van der Waals surface area contributed by atoms with Crippen LogP contribution in [0.25, 0.3) is 0 Å². The van der Waals surface area contributed by atoms with Crippen LogP contribution in [0.2, 0.25) is 0 Å². The van der Waals surface area contributed by atoms with Crippen LogP contribution in [0.4, 0.5) is 17.1 Å². The molecule has 8 heteroatoms. The van der Waals surface area contributed by atoms with E-state index < -0.39 is 4.92 Å². The molecule has 1 aliphatic carbocycles. The zero-order valence-electron chi connectivity index (χ0n) is 12.1. The van der Waals surface area contributed by atoms with Crippen LogP contribution in [0, 0.1) is 10.1 Å². The first-order valence-corrected chi connectivity index (χ1v) is 7.11. The van der Waals surface area contributed by atoms with Gasteiger partial charge in [0.2, 0.25) is 0 Å². The van der Waals surface area contributed by atoms with Crippen molar-refractivity contribution in [2.45, 2.75) is 31.4 Å². The average Bonchev–Trinajstić information content (AvgIpc) is 2.94. The molecule has 8 nitrogen and oxygen atoms in total. The Hall–Kier alpha value is -2.35. The fraction of sp³-hybridized carbons (Fsp3) is 0.500. The van der Waals surface area contributed by atoms with Crippen LogP contribution in [0.15, 0.2) is 12.1 Å². The van der Waals surface area contributed by atoms with E-state index in [2.05, 4.69) is 10.6 Å². The first kappa shape index (κ1) is 14.6. The lowest BCUT2D eigenvalue weighted by Gasteiger charge is -2.20. The number of benzene rings is 1. The highest BCUT2D eigenvalue weighted by molar-refractivity contribution is 5.96. The van der Waals surface area contributed by atoms with Gasteiger partial charge in [-0.05, 0) is 25.3 Å². The highest BCUT2D eigenvalue weighted by Gasteiger charge is 2.28. The lowest BCUT2D eigenvalue weighted by molar-refractivity contribution is -0.384. The fourth-order valence-corrected chi connectivity index (χ4v) is 2.89. The first-order valence-electron chi connectivity index (χ1n) is 7.11. The van der Waals surface area contributed by atoms with Gasteiger partial charge in [0.1, 0.15) is 5.69 Å². The third-order valence-corrected chi connectivity index (χ3v) is 4.00. The molecule has 1 amide bonds. The molecule has 1 aliphatic heterocycles. The molecular formula is C14H17N3O5. The Bertz CT molecular complexity index is 619. The second kappa shape index (κ2) is 5.80. The second-order valence-corrected chi connectivity index (χ2v) is 5.47. The second-order valence-electron chi connectivity index (χ2n) is 5.47. The Balaban J connectivity index is 1.87. The van der Waals surface area contributed by atoms with E-state index in [1.807, 2.05) is 0 Å². The molecule has 1 saturated carbocycles. The summed E-state index contributed by atoms with van der Waals surface area (Å²) < 4.78 is 10.5. The lowest BCUT2D eigenvalue weighted by atomic mass is 10.1. The van der Waals surface area contributed by atoms with E-state index >= 15 is 0 Å². The van der Waals surface area contributed by atoms with Crippen molar-refractivity contribution in [1.82, 2.24) is 0 Å². The number of methoxy groups -OCH3 is 1. The summed E-state index contributed by atoms with van der Waals surface area (Å²) in [6.07, 6.45) is 2.79. The molecule has 1 fully saturated rings. The summed E-state index contributed by atoms with van der Waals surface area (Å²) >= 11 is 0. The molecule has 2 atom stereocenters. The van der Waals surface area contributed by atoms with Gasteiger partial charge in [-0.1, -0.05) is 0 Å². The Labute approximate surface area is 126 Å². The monoisotopic (exact) mass is 307 g/mol. The molecule has 2 aliphatic rings. The van der Waals surface area contributed by atoms with Gasteiger partial charge in [0.15, 0.2) is 12.4 Å². The van der Waals surface area contributed by atoms with Crippen molar-refractivity contribution in [2.75, 3.05) is 24.4 Å². The lowest BCUT2D eigenvalue weighted by Crippen LogP contribution is -2.26. The largest absolute Gasteiger partial charge is 0.481 e. The van der Waals surface area contributed by atoms with E-state index in [0.717, 1.165) is 19.3 Å². The number of nitro groups is 1. The maximum atomic E-state index is 11.4. The number of ether oxygens (including phenoxy) is 2. The van der Waals surface area contributed by atoms with Crippen LogP contribution in [-0.2, 0) is 9.53 Å². The number of carbonyl (C=O) groups excluding carboxylic acids is 1. The third kappa shape index (κ3) is 2.82. The smallest absolute Gasteiger partial charge is 0.296 e. The maximum absolute atomic E-state index is 11.4. The van der Waals surface area contributed by atoms with E-state index in [1.165, 1.54) is 6.07 Å². The average molecular weight is 307 g/mol. The normalized spacial score (nSPS) is 23.4. The molecule has 118 valence electrons. The van der Waals surface area contributed by atoms with Crippen molar-refractivity contribution >= 4 is 23.0 Å². The number of nitro benzene ring substituents is 1. The minimum absolute atomic E-state index is 0.0595. The molecule has 1 aromatic rings. The van der Waals surface area contributed by atoms with Crippen LogP contribution >= 0.6 is 0 Å². The van der Waals surface area contributed by atoms with E-state index in [0.29, 0.717) is 17.1 Å². The zero-order chi connectivity index (χ0) is 15.7. The number of nitrogens with one attached hydrogen (secondary N) is 2. The van der Waals surface area contributed by atoms with E-state index in [4.69, 9.17) is 9.47 Å². The summed E-state index contributed by atoms with van der Waals surface area (Å²) in [6.45, 7) is -0.130. The van der Waals surface area contributed by atoms with Crippen LogP contribution in [0.5, 0.6) is 5.75 Å². The summed E-state index contributed by atoms with van der Waals surface area (Å²) in [5, 5.41) is 17.1. The zero-order valence-corrected chi connectivity index (χ0v) is 12.1. The van der Waals surface area contributed by atoms with Crippen molar-refractivity contribution in [2.24, 2.45) is 0 Å². The molecule has 3 rings (SSSR count). The van der Waals surface area contributed by atoms with Gasteiger partial charge >= 0.3 is 0 Å². The Morgan fingerprint density at radius 3 is 2.95 bits per heavy atom. The predicted molar refractivity (Wildman–Crippen MR) is 79.3 cm³/mol. The van der Waals surface area contributed by atoms with Crippen LogP contribution in [-0.4, -0.2) is 36.7 Å². The van der Waals surface area contributed by atoms with E-state index in [-0.39, 0.29) is 30.3 Å². The summed E-state index contributed by atoms with van der Waals surface area (Å²) in [4.78, 5) is 22.2. The van der Waals surface area contributed by atoms with Gasteiger partial charge in [-0.15, -0.1) is 0 Å². The molecular weight excluding hydrogens is 290 g/mol. The SMILES string of the molecule is COC1CCC(Nc2cc3c(cc2[N+](=O)[O-])OCC(=O)N3)C1. The van der Waals surface area contributed by atoms with Crippen molar-refractivity contribution < 1.29 is 19.2 Å². The van der Waals surface area contributed by atoms with Gasteiger partial charge in [-0.2, -0.15) is 0 Å². The van der Waals surface area contributed by atoms with Gasteiger partial charge < -0.3 is 20.1 Å². The number of hydrogen-bond acceptors (Lipinski definition) is 6. The number of amides is 1. The molecule has 0 radical (unpaired) electrons. The van der Waals surface area contributed by atoms with Gasteiger partial charge in [0.25, 0.3) is 11.6 Å². The van der Waals surface area contributed by atoms with Gasteiger partial charge in [0, 0.05) is 13.2 Å². The molecule has 1 aromatic carbocycles. The molecule has 2 unspecified atom stereocenters. The Morgan fingerprint density at radius 1 is 1.45 bits per heavy atom. The minimum Gasteiger partial charge on any atom is -0.481 e. The number of fused-ring (bicyclic) bond motifs is 1. The topological polar surface area (TPSA) is 103 Å². The number of carbonyl (C=O) groups is 1. The molecule has 1 heterocycles. The molecule has 0 aromatic heterocycles. The standard InChI is InChI=1S/C14H17N3O5/c1-21-9-3-2-8(4-9)15-10-5-11-13(6-12(10)17(19)20)22-7-14(18)16-11/h5-6,8-9,15H,2-4,7H2,1H3,(H,16,18). The summed E-state index contributed by atoms with van der Waals surface area (Å²) in [5.41, 5.74) is 0.776. The Morgan fingerprint density at radius 2 is 2.27 bits per heavy atom. The molecule has 22 heavy (non-hydrogen) atoms. The first-order chi connectivity index (χ1) is 10.6. The molecule has 0 bridgehead atoms. The van der Waals surface area contributed by atoms with Crippen LogP contribution in [0.3, 0.4) is 0 Å². The summed E-state index contributed by atoms with van der Waals surface area (Å²) in [6, 6.07) is 3.02. The number of nitrogens with zero attached hydrogens (tertiary/aromatic N) is 1. The van der Waals surface area contributed by atoms with Crippen LogP contribution < -0.4 is 15.4 Å². The highest BCUT2D eigenvalue weighted by atomic mass is 16.6.